The van der Waals surface area contributed by atoms with E-state index in [0.717, 1.165) is 36.1 Å². The summed E-state index contributed by atoms with van der Waals surface area (Å²) in [5, 5.41) is 17.5. The van der Waals surface area contributed by atoms with Gasteiger partial charge in [0, 0.05) is 6.04 Å². The van der Waals surface area contributed by atoms with Crippen LogP contribution in [0.2, 0.25) is 0 Å². The molecule has 0 radical (unpaired) electrons. The van der Waals surface area contributed by atoms with Crippen LogP contribution in [0.15, 0.2) is 23.4 Å². The number of benzene rings is 1. The number of urea groups is 1. The van der Waals surface area contributed by atoms with Gasteiger partial charge < -0.3 is 5.32 Å². The molecule has 0 bridgehead atoms. The second kappa shape index (κ2) is 9.18. The van der Waals surface area contributed by atoms with Crippen LogP contribution in [0.4, 0.5) is 4.79 Å². The molecule has 1 aliphatic carbocycles. The fraction of sp³-hybridized carbons (Fsp3) is 0.526. The second-order valence-electron chi connectivity index (χ2n) is 7.40. The van der Waals surface area contributed by atoms with E-state index in [1.807, 2.05) is 26.0 Å². The number of imide groups is 1. The lowest BCUT2D eigenvalue weighted by Crippen LogP contribution is -2.48. The molecular weight excluding hydrogens is 376 g/mol. The first-order valence-corrected chi connectivity index (χ1v) is 10.5. The van der Waals surface area contributed by atoms with Gasteiger partial charge in [0.1, 0.15) is 0 Å². The average molecular weight is 403 g/mol. The smallest absolute Gasteiger partial charge is 0.321 e. The average Bonchev–Trinajstić information content (AvgIpc) is 3.10. The van der Waals surface area contributed by atoms with Crippen molar-refractivity contribution in [2.24, 2.45) is 5.92 Å². The molecule has 3 amide bonds. The maximum absolute atomic E-state index is 12.2. The Bertz CT molecular complexity index is 832. The van der Waals surface area contributed by atoms with Crippen molar-refractivity contribution >= 4 is 23.7 Å². The monoisotopic (exact) mass is 402 g/mol. The summed E-state index contributed by atoms with van der Waals surface area (Å²) in [5.74, 6) is 0.117. The van der Waals surface area contributed by atoms with Crippen molar-refractivity contribution in [3.63, 3.8) is 0 Å². The first-order valence-electron chi connectivity index (χ1n) is 9.52. The zero-order chi connectivity index (χ0) is 20.1. The highest BCUT2D eigenvalue weighted by Crippen LogP contribution is 2.23. The highest BCUT2D eigenvalue weighted by molar-refractivity contribution is 7.99. The van der Waals surface area contributed by atoms with Gasteiger partial charge in [-0.15, -0.1) is 5.10 Å². The van der Waals surface area contributed by atoms with E-state index in [0.29, 0.717) is 11.1 Å². The molecule has 1 heterocycles. The zero-order valence-corrected chi connectivity index (χ0v) is 17.3. The molecule has 1 aliphatic rings. The van der Waals surface area contributed by atoms with Crippen LogP contribution in [-0.2, 0) is 4.79 Å². The van der Waals surface area contributed by atoms with Crippen LogP contribution in [0.3, 0.4) is 0 Å². The second-order valence-corrected chi connectivity index (χ2v) is 8.34. The molecule has 2 atom stereocenters. The minimum atomic E-state index is -0.432. The molecule has 3 rings (SSSR count). The third-order valence-corrected chi connectivity index (χ3v) is 5.82. The van der Waals surface area contributed by atoms with E-state index >= 15 is 0 Å². The van der Waals surface area contributed by atoms with E-state index < -0.39 is 6.03 Å². The van der Waals surface area contributed by atoms with Crippen LogP contribution in [0.25, 0.3) is 5.69 Å². The predicted octanol–water partition coefficient (Wildman–Crippen LogP) is 2.78. The highest BCUT2D eigenvalue weighted by atomic mass is 32.2. The first-order chi connectivity index (χ1) is 13.4. The number of amides is 3. The van der Waals surface area contributed by atoms with E-state index in [4.69, 9.17) is 0 Å². The predicted molar refractivity (Wildman–Crippen MR) is 107 cm³/mol. The summed E-state index contributed by atoms with van der Waals surface area (Å²) in [6, 6.07) is 5.72. The highest BCUT2D eigenvalue weighted by Gasteiger charge is 2.23. The van der Waals surface area contributed by atoms with Gasteiger partial charge in [-0.2, -0.15) is 4.68 Å². The molecule has 0 spiro atoms. The molecule has 28 heavy (non-hydrogen) atoms. The van der Waals surface area contributed by atoms with E-state index in [1.54, 1.807) is 4.68 Å². The van der Waals surface area contributed by atoms with E-state index in [2.05, 4.69) is 39.1 Å². The Morgan fingerprint density at radius 3 is 2.61 bits per heavy atom. The van der Waals surface area contributed by atoms with Crippen LogP contribution < -0.4 is 10.6 Å². The number of hydrogen-bond acceptors (Lipinski definition) is 6. The summed E-state index contributed by atoms with van der Waals surface area (Å²) in [4.78, 5) is 24.3. The summed E-state index contributed by atoms with van der Waals surface area (Å²) in [6.45, 7) is 6.15. The SMILES string of the molecule is Cc1cc(C)cc(-n2nnnc2SCC(=O)NC(=O)NC2CCCCC2C)c1. The Hall–Kier alpha value is -2.42. The summed E-state index contributed by atoms with van der Waals surface area (Å²) in [5.41, 5.74) is 3.05. The molecule has 1 fully saturated rings. The number of carbonyl (C=O) groups is 2. The Labute approximate surface area is 168 Å². The third-order valence-electron chi connectivity index (χ3n) is 4.91. The van der Waals surface area contributed by atoms with Gasteiger partial charge in [0.15, 0.2) is 0 Å². The van der Waals surface area contributed by atoms with Gasteiger partial charge in [-0.25, -0.2) is 4.79 Å². The van der Waals surface area contributed by atoms with Gasteiger partial charge in [0.05, 0.1) is 11.4 Å². The number of aryl methyl sites for hydroxylation is 2. The molecule has 1 saturated carbocycles. The molecule has 8 nitrogen and oxygen atoms in total. The van der Waals surface area contributed by atoms with Crippen molar-refractivity contribution in [2.75, 3.05) is 5.75 Å². The molecule has 9 heteroatoms. The van der Waals surface area contributed by atoms with Crippen molar-refractivity contribution in [1.29, 1.82) is 0 Å². The van der Waals surface area contributed by atoms with Gasteiger partial charge in [-0.1, -0.05) is 37.6 Å². The van der Waals surface area contributed by atoms with Crippen LogP contribution >= 0.6 is 11.8 Å². The van der Waals surface area contributed by atoms with E-state index in [-0.39, 0.29) is 17.7 Å². The fourth-order valence-electron chi connectivity index (χ4n) is 3.53. The lowest BCUT2D eigenvalue weighted by atomic mass is 9.86. The lowest BCUT2D eigenvalue weighted by molar-refractivity contribution is -0.117. The van der Waals surface area contributed by atoms with Crippen molar-refractivity contribution in [3.8, 4) is 5.69 Å². The minimum absolute atomic E-state index is 0.0544. The van der Waals surface area contributed by atoms with E-state index in [1.165, 1.54) is 18.2 Å². The van der Waals surface area contributed by atoms with Crippen molar-refractivity contribution < 1.29 is 9.59 Å². The number of carbonyl (C=O) groups excluding carboxylic acids is 2. The van der Waals surface area contributed by atoms with Gasteiger partial charge in [-0.3, -0.25) is 10.1 Å². The van der Waals surface area contributed by atoms with Crippen molar-refractivity contribution in [3.05, 3.63) is 29.3 Å². The summed E-state index contributed by atoms with van der Waals surface area (Å²) in [6.07, 6.45) is 4.38. The largest absolute Gasteiger partial charge is 0.335 e. The fourth-order valence-corrected chi connectivity index (χ4v) is 4.22. The van der Waals surface area contributed by atoms with Gasteiger partial charge in [0.2, 0.25) is 11.1 Å². The Kier molecular flexibility index (Phi) is 6.66. The Morgan fingerprint density at radius 2 is 1.89 bits per heavy atom. The van der Waals surface area contributed by atoms with Crippen molar-refractivity contribution in [2.45, 2.75) is 57.7 Å². The number of nitrogens with zero attached hydrogens (tertiary/aromatic N) is 4. The number of nitrogens with one attached hydrogen (secondary N) is 2. The Morgan fingerprint density at radius 1 is 1.18 bits per heavy atom. The maximum atomic E-state index is 12.2. The van der Waals surface area contributed by atoms with Crippen LogP contribution in [0, 0.1) is 19.8 Å². The van der Waals surface area contributed by atoms with Gasteiger partial charge in [-0.05, 0) is 66.3 Å². The zero-order valence-electron chi connectivity index (χ0n) is 16.4. The molecule has 0 aliphatic heterocycles. The van der Waals surface area contributed by atoms with Gasteiger partial charge >= 0.3 is 6.03 Å². The minimum Gasteiger partial charge on any atom is -0.335 e. The lowest BCUT2D eigenvalue weighted by Gasteiger charge is -2.29. The summed E-state index contributed by atoms with van der Waals surface area (Å²) >= 11 is 1.19. The number of hydrogen-bond donors (Lipinski definition) is 2. The van der Waals surface area contributed by atoms with Crippen LogP contribution in [-0.4, -0.2) is 43.9 Å². The molecule has 1 aromatic heterocycles. The number of thioether (sulfide) groups is 1. The van der Waals surface area contributed by atoms with Crippen LogP contribution in [0.1, 0.15) is 43.7 Å². The first kappa shape index (κ1) is 20.3. The third kappa shape index (κ3) is 5.31. The molecule has 2 unspecified atom stereocenters. The molecule has 2 aromatic rings. The number of tetrazole rings is 1. The number of aromatic nitrogens is 4. The molecular formula is C19H26N6O2S. The van der Waals surface area contributed by atoms with Gasteiger partial charge in [0.25, 0.3) is 0 Å². The molecule has 1 aromatic carbocycles. The molecule has 150 valence electrons. The maximum Gasteiger partial charge on any atom is 0.321 e. The van der Waals surface area contributed by atoms with E-state index in [9.17, 15) is 9.59 Å². The standard InChI is InChI=1S/C19H26N6O2S/c1-12-8-13(2)10-15(9-12)25-19(22-23-24-25)28-11-17(26)21-18(27)20-16-7-5-4-6-14(16)3/h8-10,14,16H,4-7,11H2,1-3H3,(H2,20,21,26,27). The number of rotatable bonds is 5. The molecule has 0 saturated heterocycles. The van der Waals surface area contributed by atoms with Crippen LogP contribution in [0.5, 0.6) is 0 Å². The summed E-state index contributed by atoms with van der Waals surface area (Å²) in [7, 11) is 0. The quantitative estimate of drug-likeness (QED) is 0.746. The topological polar surface area (TPSA) is 102 Å². The Balaban J connectivity index is 1.54. The summed E-state index contributed by atoms with van der Waals surface area (Å²) < 4.78 is 1.60. The van der Waals surface area contributed by atoms with Crippen molar-refractivity contribution in [1.82, 2.24) is 30.8 Å². The molecule has 2 N–H and O–H groups in total. The normalized spacial score (nSPS) is 19.2.